The Morgan fingerprint density at radius 1 is 1.07 bits per heavy atom. The molecule has 1 aliphatic carbocycles. The van der Waals surface area contributed by atoms with Gasteiger partial charge in [0.1, 0.15) is 22.6 Å². The molecule has 0 spiro atoms. The van der Waals surface area contributed by atoms with E-state index in [9.17, 15) is 0 Å². The molecule has 1 saturated carbocycles. The average Bonchev–Trinajstić information content (AvgIpc) is 3.34. The summed E-state index contributed by atoms with van der Waals surface area (Å²) in [7, 11) is 3.83. The van der Waals surface area contributed by atoms with Crippen molar-refractivity contribution in [2.75, 3.05) is 39.0 Å². The lowest BCUT2D eigenvalue weighted by molar-refractivity contribution is 0.112. The molecular weight excluding hydrogens is 501 g/mol. The Labute approximate surface area is 234 Å². The van der Waals surface area contributed by atoms with Crippen molar-refractivity contribution in [1.82, 2.24) is 29.6 Å². The standard InChI is InChI=1S/C32H36FN7/c1-5-39(15-13-34-3)23-18-22(19-23)32-38-29(30-31(35-4)36-14-16-40(30)32)25-12-11-24-20(2)17-26(37-28(24)27(25)33)21-9-7-6-8-10-21/h6-12,14,16-17,22-23,34H,5,13,15,18-19H2,1-4H3,(H,35,36). The highest BCUT2D eigenvalue weighted by Gasteiger charge is 2.37. The summed E-state index contributed by atoms with van der Waals surface area (Å²) in [5.41, 5.74) is 4.90. The maximum Gasteiger partial charge on any atom is 0.158 e. The fourth-order valence-corrected chi connectivity index (χ4v) is 6.04. The maximum atomic E-state index is 16.5. The lowest BCUT2D eigenvalue weighted by atomic mass is 9.78. The molecule has 2 aromatic carbocycles. The SMILES string of the molecule is CCN(CCNC)C1CC(c2nc(-c3ccc4c(C)cc(-c5ccccc5)nc4c3F)c3c(NC)nccn23)C1. The first-order chi connectivity index (χ1) is 19.5. The molecule has 0 bridgehead atoms. The summed E-state index contributed by atoms with van der Waals surface area (Å²) in [6, 6.07) is 16.3. The van der Waals surface area contributed by atoms with Crippen LogP contribution in [0, 0.1) is 12.7 Å². The fraction of sp³-hybridized carbons (Fsp3) is 0.344. The van der Waals surface area contributed by atoms with E-state index in [1.54, 1.807) is 6.20 Å². The van der Waals surface area contributed by atoms with Crippen LogP contribution in [0.25, 0.3) is 38.9 Å². The van der Waals surface area contributed by atoms with Crippen LogP contribution in [0.2, 0.25) is 0 Å². The third-order valence-corrected chi connectivity index (χ3v) is 8.32. The number of pyridine rings is 1. The lowest BCUT2D eigenvalue weighted by Gasteiger charge is -2.42. The Kier molecular flexibility index (Phi) is 7.21. The van der Waals surface area contributed by atoms with Gasteiger partial charge in [0.05, 0.1) is 5.69 Å². The van der Waals surface area contributed by atoms with Crippen molar-refractivity contribution < 1.29 is 4.39 Å². The van der Waals surface area contributed by atoms with Crippen LogP contribution < -0.4 is 10.6 Å². The zero-order valence-electron chi connectivity index (χ0n) is 23.6. The molecule has 3 aromatic heterocycles. The van der Waals surface area contributed by atoms with Gasteiger partial charge in [-0.15, -0.1) is 0 Å². The van der Waals surface area contributed by atoms with E-state index in [1.165, 1.54) is 0 Å². The number of nitrogens with one attached hydrogen (secondary N) is 2. The highest BCUT2D eigenvalue weighted by atomic mass is 19.1. The summed E-state index contributed by atoms with van der Waals surface area (Å²) in [5, 5.41) is 7.26. The third kappa shape index (κ3) is 4.51. The van der Waals surface area contributed by atoms with Crippen molar-refractivity contribution in [2.24, 2.45) is 0 Å². The van der Waals surface area contributed by atoms with Crippen LogP contribution in [-0.4, -0.2) is 64.0 Å². The smallest absolute Gasteiger partial charge is 0.158 e. The van der Waals surface area contributed by atoms with Crippen molar-refractivity contribution in [3.8, 4) is 22.5 Å². The minimum absolute atomic E-state index is 0.301. The number of anilines is 1. The van der Waals surface area contributed by atoms with Gasteiger partial charge in [-0.25, -0.2) is 19.3 Å². The van der Waals surface area contributed by atoms with Gasteiger partial charge in [-0.1, -0.05) is 43.3 Å². The minimum atomic E-state index is -0.355. The Balaban J connectivity index is 1.45. The van der Waals surface area contributed by atoms with Crippen LogP contribution in [0.15, 0.2) is 60.9 Å². The minimum Gasteiger partial charge on any atom is -0.371 e. The van der Waals surface area contributed by atoms with Gasteiger partial charge < -0.3 is 10.6 Å². The Bertz CT molecular complexity index is 1660. The second-order valence-electron chi connectivity index (χ2n) is 10.6. The lowest BCUT2D eigenvalue weighted by Crippen LogP contribution is -2.46. The van der Waals surface area contributed by atoms with Crippen molar-refractivity contribution >= 4 is 22.2 Å². The molecule has 0 unspecified atom stereocenters. The molecule has 0 saturated heterocycles. The molecule has 3 heterocycles. The summed E-state index contributed by atoms with van der Waals surface area (Å²) in [6.07, 6.45) is 5.80. The molecule has 1 aliphatic rings. The topological polar surface area (TPSA) is 70.4 Å². The Hall–Kier alpha value is -3.88. The maximum absolute atomic E-state index is 16.5. The molecule has 2 N–H and O–H groups in total. The third-order valence-electron chi connectivity index (χ3n) is 8.32. The summed E-state index contributed by atoms with van der Waals surface area (Å²) >= 11 is 0. The van der Waals surface area contributed by atoms with Crippen molar-refractivity contribution in [3.63, 3.8) is 0 Å². The number of benzene rings is 2. The van der Waals surface area contributed by atoms with Crippen LogP contribution in [0.1, 0.15) is 37.1 Å². The predicted molar refractivity (Wildman–Crippen MR) is 160 cm³/mol. The fourth-order valence-electron chi connectivity index (χ4n) is 6.04. The first-order valence-electron chi connectivity index (χ1n) is 14.1. The van der Waals surface area contributed by atoms with Gasteiger partial charge in [0, 0.05) is 61.0 Å². The van der Waals surface area contributed by atoms with Crippen LogP contribution in [0.4, 0.5) is 10.2 Å². The number of hydrogen-bond donors (Lipinski definition) is 2. The van der Waals surface area contributed by atoms with E-state index in [4.69, 9.17) is 9.97 Å². The molecule has 40 heavy (non-hydrogen) atoms. The molecule has 6 rings (SSSR count). The summed E-state index contributed by atoms with van der Waals surface area (Å²) in [4.78, 5) is 17.0. The first kappa shape index (κ1) is 26.3. The molecule has 0 aliphatic heterocycles. The van der Waals surface area contributed by atoms with E-state index in [0.717, 1.165) is 66.0 Å². The first-order valence-corrected chi connectivity index (χ1v) is 14.1. The van der Waals surface area contributed by atoms with Gasteiger partial charge in [0.25, 0.3) is 0 Å². The highest BCUT2D eigenvalue weighted by Crippen LogP contribution is 2.43. The molecule has 5 aromatic rings. The normalized spacial score (nSPS) is 17.1. The molecular formula is C32H36FN7. The van der Waals surface area contributed by atoms with E-state index in [0.29, 0.717) is 34.6 Å². The molecule has 0 atom stereocenters. The van der Waals surface area contributed by atoms with Crippen molar-refractivity contribution in [3.05, 3.63) is 78.1 Å². The molecule has 8 heteroatoms. The van der Waals surface area contributed by atoms with E-state index in [-0.39, 0.29) is 5.82 Å². The molecule has 0 amide bonds. The van der Waals surface area contributed by atoms with Gasteiger partial charge >= 0.3 is 0 Å². The molecule has 7 nitrogen and oxygen atoms in total. The molecule has 0 radical (unpaired) electrons. The van der Waals surface area contributed by atoms with Gasteiger partial charge in [0.15, 0.2) is 11.6 Å². The monoisotopic (exact) mass is 537 g/mol. The van der Waals surface area contributed by atoms with Crippen molar-refractivity contribution in [1.29, 1.82) is 0 Å². The number of imidazole rings is 1. The number of aryl methyl sites for hydroxylation is 1. The number of aromatic nitrogens is 4. The quantitative estimate of drug-likeness (QED) is 0.244. The van der Waals surface area contributed by atoms with Crippen LogP contribution in [-0.2, 0) is 0 Å². The van der Waals surface area contributed by atoms with Crippen LogP contribution >= 0.6 is 0 Å². The van der Waals surface area contributed by atoms with E-state index in [2.05, 4.69) is 31.8 Å². The number of rotatable bonds is 9. The number of nitrogens with zero attached hydrogens (tertiary/aromatic N) is 5. The zero-order valence-corrected chi connectivity index (χ0v) is 23.6. The van der Waals surface area contributed by atoms with E-state index in [1.807, 2.05) is 75.7 Å². The van der Waals surface area contributed by atoms with Crippen LogP contribution in [0.5, 0.6) is 0 Å². The number of hydrogen-bond acceptors (Lipinski definition) is 6. The van der Waals surface area contributed by atoms with Gasteiger partial charge in [0.2, 0.25) is 0 Å². The highest BCUT2D eigenvalue weighted by molar-refractivity contribution is 5.93. The number of halogens is 1. The molecule has 206 valence electrons. The number of likely N-dealkylation sites (N-methyl/N-ethyl adjacent to an activating group) is 2. The summed E-state index contributed by atoms with van der Waals surface area (Å²) in [5.74, 6) is 1.59. The van der Waals surface area contributed by atoms with Gasteiger partial charge in [-0.2, -0.15) is 0 Å². The second-order valence-corrected chi connectivity index (χ2v) is 10.6. The van der Waals surface area contributed by atoms with Gasteiger partial charge in [-0.3, -0.25) is 9.30 Å². The Morgan fingerprint density at radius 3 is 2.60 bits per heavy atom. The summed E-state index contributed by atoms with van der Waals surface area (Å²) in [6.45, 7) is 7.26. The van der Waals surface area contributed by atoms with Gasteiger partial charge in [-0.05, 0) is 51.1 Å². The zero-order chi connectivity index (χ0) is 27.8. The van der Waals surface area contributed by atoms with Crippen LogP contribution in [0.3, 0.4) is 0 Å². The average molecular weight is 538 g/mol. The Morgan fingerprint density at radius 2 is 1.88 bits per heavy atom. The second kappa shape index (κ2) is 10.9. The largest absolute Gasteiger partial charge is 0.371 e. The predicted octanol–water partition coefficient (Wildman–Crippen LogP) is 5.89. The number of fused-ring (bicyclic) bond motifs is 2. The molecule has 1 fully saturated rings. The summed E-state index contributed by atoms with van der Waals surface area (Å²) < 4.78 is 18.6. The van der Waals surface area contributed by atoms with E-state index < -0.39 is 0 Å². The van der Waals surface area contributed by atoms with E-state index >= 15 is 4.39 Å². The van der Waals surface area contributed by atoms with Crippen molar-refractivity contribution in [2.45, 2.75) is 38.6 Å².